The molecule has 0 bridgehead atoms. The van der Waals surface area contributed by atoms with Crippen molar-refractivity contribution in [3.05, 3.63) is 40.6 Å². The fourth-order valence-corrected chi connectivity index (χ4v) is 9.12. The second kappa shape index (κ2) is 10.9. The number of aliphatic carboxylic acids is 1. The third-order valence-electron chi connectivity index (χ3n) is 7.62. The molecule has 0 aromatic heterocycles. The molecule has 2 amide bonds. The summed E-state index contributed by atoms with van der Waals surface area (Å²) in [4.78, 5) is 39.6. The molecule has 2 unspecified atom stereocenters. The molecule has 0 saturated carbocycles. The molecule has 0 radical (unpaired) electrons. The highest BCUT2D eigenvalue weighted by atomic mass is 32.2. The number of carbonyl (C=O) groups is 3. The van der Waals surface area contributed by atoms with E-state index >= 15 is 0 Å². The first-order valence-corrected chi connectivity index (χ1v) is 15.2. The molecular weight excluding hydrogens is 566 g/mol. The number of carboxylic acids is 1. The minimum Gasteiger partial charge on any atom is -0.477 e. The lowest BCUT2D eigenvalue weighted by Gasteiger charge is -2.58. The SMILES string of the molecule is C[C@@]1(c2ccc(C(=O)NCCN)cc2S(N)(=O)=O)C(C=S)=C(C(=O)O)N2C(=O)C(CCO)(SC3CCNC3)[C@@H]21. The predicted octanol–water partition coefficient (Wildman–Crippen LogP) is -0.941. The number of β-lactam (4-membered cyclic amide) rings is 1. The molecule has 212 valence electrons. The van der Waals surface area contributed by atoms with Gasteiger partial charge in [-0.05, 0) is 44.0 Å². The largest absolute Gasteiger partial charge is 0.477 e. The van der Waals surface area contributed by atoms with Crippen molar-refractivity contribution < 1.29 is 33.0 Å². The van der Waals surface area contributed by atoms with Crippen molar-refractivity contribution in [3.63, 3.8) is 0 Å². The number of hydrogen-bond donors (Lipinski definition) is 6. The van der Waals surface area contributed by atoms with E-state index in [4.69, 9.17) is 23.1 Å². The van der Waals surface area contributed by atoms with Crippen LogP contribution in [0.25, 0.3) is 0 Å². The van der Waals surface area contributed by atoms with E-state index in [1.165, 1.54) is 23.9 Å². The van der Waals surface area contributed by atoms with Crippen LogP contribution in [0, 0.1) is 0 Å². The number of aliphatic hydroxyl groups is 1. The van der Waals surface area contributed by atoms with Crippen LogP contribution >= 0.6 is 24.0 Å². The van der Waals surface area contributed by atoms with Gasteiger partial charge in [0.05, 0.1) is 10.9 Å². The lowest BCUT2D eigenvalue weighted by Crippen LogP contribution is -2.75. The molecule has 3 aliphatic rings. The first kappa shape index (κ1) is 29.6. The van der Waals surface area contributed by atoms with Gasteiger partial charge in [0.25, 0.3) is 5.91 Å². The van der Waals surface area contributed by atoms with Gasteiger partial charge in [-0.3, -0.25) is 14.5 Å². The van der Waals surface area contributed by atoms with Gasteiger partial charge in [0.2, 0.25) is 15.9 Å². The van der Waals surface area contributed by atoms with Crippen LogP contribution in [0.2, 0.25) is 0 Å². The standard InChI is InChI=1S/C24H31N5O7S3/c1-23(15-3-2-13(19(31)28-8-6-25)10-17(15)39(26,35)36)16(12-37)18(20(32)33)29-21(23)24(5-9-30,22(29)34)38-14-4-7-27-11-14/h2-3,10,12,14,21,27,30H,4-9,11,25H2,1H3,(H,28,31)(H,32,33)(H2,26,35,36)/t14?,21-,23+,24?/m0/s1. The molecule has 8 N–H and O–H groups in total. The molecule has 39 heavy (non-hydrogen) atoms. The summed E-state index contributed by atoms with van der Waals surface area (Å²) in [6, 6.07) is 3.06. The molecule has 4 rings (SSSR count). The van der Waals surface area contributed by atoms with Crippen LogP contribution in [0.3, 0.4) is 0 Å². The van der Waals surface area contributed by atoms with Crippen molar-refractivity contribution in [2.75, 3.05) is 32.8 Å². The van der Waals surface area contributed by atoms with Crippen molar-refractivity contribution in [1.29, 1.82) is 0 Å². The van der Waals surface area contributed by atoms with Gasteiger partial charge in [-0.25, -0.2) is 18.4 Å². The second-order valence-electron chi connectivity index (χ2n) is 9.86. The molecule has 2 saturated heterocycles. The van der Waals surface area contributed by atoms with Gasteiger partial charge in [0.1, 0.15) is 10.4 Å². The molecule has 1 aromatic carbocycles. The van der Waals surface area contributed by atoms with Crippen molar-refractivity contribution >= 4 is 57.2 Å². The maximum absolute atomic E-state index is 13.8. The van der Waals surface area contributed by atoms with E-state index in [-0.39, 0.29) is 53.8 Å². The molecule has 4 atom stereocenters. The number of fused-ring (bicyclic) bond motifs is 1. The van der Waals surface area contributed by atoms with Crippen LogP contribution in [0.15, 0.2) is 34.4 Å². The van der Waals surface area contributed by atoms with Crippen molar-refractivity contribution in [3.8, 4) is 0 Å². The summed E-state index contributed by atoms with van der Waals surface area (Å²) in [5, 5.41) is 32.8. The Morgan fingerprint density at radius 1 is 1.38 bits per heavy atom. The fraction of sp³-hybridized carbons (Fsp3) is 0.500. The lowest BCUT2D eigenvalue weighted by molar-refractivity contribution is -0.154. The molecule has 15 heteroatoms. The quantitative estimate of drug-likeness (QED) is 0.136. The summed E-state index contributed by atoms with van der Waals surface area (Å²) in [6.07, 6.45) is 0.786. The second-order valence-corrected chi connectivity index (χ2v) is 13.3. The number of carboxylic acid groups (broad SMARTS) is 1. The number of nitrogens with one attached hydrogen (secondary N) is 2. The highest BCUT2D eigenvalue weighted by Crippen LogP contribution is 2.62. The average Bonchev–Trinajstić information content (AvgIpc) is 3.49. The Balaban J connectivity index is 1.97. The zero-order valence-corrected chi connectivity index (χ0v) is 23.6. The van der Waals surface area contributed by atoms with Gasteiger partial charge in [0, 0.05) is 53.4 Å². The number of carbonyl (C=O) groups excluding carboxylic acids is 2. The zero-order chi connectivity index (χ0) is 28.8. The summed E-state index contributed by atoms with van der Waals surface area (Å²) in [6.45, 7) is 3.00. The molecule has 1 aromatic rings. The minimum atomic E-state index is -4.45. The Bertz CT molecular complexity index is 1360. The number of sulfonamides is 1. The number of nitrogens with two attached hydrogens (primary N) is 2. The van der Waals surface area contributed by atoms with Gasteiger partial charge in [-0.2, -0.15) is 0 Å². The number of thioether (sulfide) groups is 1. The summed E-state index contributed by atoms with van der Waals surface area (Å²) < 4.78 is 24.6. The maximum Gasteiger partial charge on any atom is 0.352 e. The van der Waals surface area contributed by atoms with Gasteiger partial charge in [0.15, 0.2) is 0 Å². The third kappa shape index (κ3) is 4.69. The summed E-state index contributed by atoms with van der Waals surface area (Å²) >= 11 is 6.62. The molecule has 0 spiro atoms. The topological polar surface area (TPSA) is 205 Å². The van der Waals surface area contributed by atoms with Crippen molar-refractivity contribution in [2.24, 2.45) is 10.9 Å². The van der Waals surface area contributed by atoms with Crippen LogP contribution in [0.1, 0.15) is 35.7 Å². The van der Waals surface area contributed by atoms with E-state index in [1.807, 2.05) is 0 Å². The molecular formula is C24H31N5O7S3. The van der Waals surface area contributed by atoms with E-state index in [0.717, 1.165) is 29.3 Å². The van der Waals surface area contributed by atoms with Crippen LogP contribution < -0.4 is 21.5 Å². The Hall–Kier alpha value is -2.40. The summed E-state index contributed by atoms with van der Waals surface area (Å²) in [5.41, 5.74) is 3.83. The van der Waals surface area contributed by atoms with Gasteiger partial charge in [-0.15, -0.1) is 11.8 Å². The van der Waals surface area contributed by atoms with E-state index in [2.05, 4.69) is 10.6 Å². The normalized spacial score (nSPS) is 28.3. The van der Waals surface area contributed by atoms with Gasteiger partial charge in [-0.1, -0.05) is 18.3 Å². The highest BCUT2D eigenvalue weighted by molar-refractivity contribution is 8.02. The fourth-order valence-electron chi connectivity index (χ4n) is 5.97. The first-order valence-electron chi connectivity index (χ1n) is 12.3. The predicted molar refractivity (Wildman–Crippen MR) is 149 cm³/mol. The monoisotopic (exact) mass is 597 g/mol. The van der Waals surface area contributed by atoms with Crippen LogP contribution in [0.5, 0.6) is 0 Å². The number of aliphatic hydroxyl groups excluding tert-OH is 1. The van der Waals surface area contributed by atoms with E-state index in [9.17, 15) is 33.0 Å². The molecule has 12 nitrogen and oxygen atoms in total. The maximum atomic E-state index is 13.8. The average molecular weight is 598 g/mol. The van der Waals surface area contributed by atoms with Gasteiger partial charge >= 0.3 is 5.97 Å². The Morgan fingerprint density at radius 3 is 2.64 bits per heavy atom. The van der Waals surface area contributed by atoms with Crippen LogP contribution in [-0.4, -0.2) is 95.5 Å². The first-order chi connectivity index (χ1) is 18.4. The zero-order valence-electron chi connectivity index (χ0n) is 21.2. The summed E-state index contributed by atoms with van der Waals surface area (Å²) in [7, 11) is -4.45. The summed E-state index contributed by atoms with van der Waals surface area (Å²) in [5.74, 6) is -2.44. The van der Waals surface area contributed by atoms with Gasteiger partial charge < -0.3 is 26.6 Å². The van der Waals surface area contributed by atoms with Crippen molar-refractivity contribution in [1.82, 2.24) is 15.5 Å². The highest BCUT2D eigenvalue weighted by Gasteiger charge is 2.73. The van der Waals surface area contributed by atoms with Crippen LogP contribution in [0.4, 0.5) is 0 Å². The number of nitrogens with zero attached hydrogens (tertiary/aromatic N) is 1. The number of thiocarbonyl (C=S) groups is 1. The number of amides is 2. The molecule has 0 aliphatic carbocycles. The number of rotatable bonds is 11. The van der Waals surface area contributed by atoms with Crippen LogP contribution in [-0.2, 0) is 25.0 Å². The number of hydrogen-bond acceptors (Lipinski definition) is 10. The third-order valence-corrected chi connectivity index (χ3v) is 10.6. The van der Waals surface area contributed by atoms with Crippen molar-refractivity contribution in [2.45, 2.75) is 46.1 Å². The Labute approximate surface area is 235 Å². The van der Waals surface area contributed by atoms with E-state index in [0.29, 0.717) is 6.54 Å². The molecule has 3 aliphatic heterocycles. The Morgan fingerprint density at radius 2 is 2.10 bits per heavy atom. The smallest absolute Gasteiger partial charge is 0.352 e. The number of primary sulfonamides is 1. The molecule has 2 fully saturated rings. The number of benzene rings is 1. The minimum absolute atomic E-state index is 0.0127. The Kier molecular flexibility index (Phi) is 8.25. The lowest BCUT2D eigenvalue weighted by atomic mass is 9.64. The van der Waals surface area contributed by atoms with E-state index in [1.54, 1.807) is 6.92 Å². The molecule has 3 heterocycles. The van der Waals surface area contributed by atoms with E-state index < -0.39 is 48.9 Å².